The lowest BCUT2D eigenvalue weighted by Crippen LogP contribution is -2.42. The van der Waals surface area contributed by atoms with Crippen LogP contribution in [-0.4, -0.2) is 14.9 Å². The lowest BCUT2D eigenvalue weighted by atomic mass is 10.2. The Morgan fingerprint density at radius 3 is 2.34 bits per heavy atom. The van der Waals surface area contributed by atoms with Crippen LogP contribution in [0.3, 0.4) is 0 Å². The van der Waals surface area contributed by atoms with E-state index in [9.17, 15) is 14.4 Å². The number of ketones is 1. The molecule has 0 aliphatic carbocycles. The van der Waals surface area contributed by atoms with Crippen molar-refractivity contribution in [3.63, 3.8) is 0 Å². The van der Waals surface area contributed by atoms with Crippen LogP contribution in [0.5, 0.6) is 0 Å². The van der Waals surface area contributed by atoms with E-state index >= 15 is 0 Å². The van der Waals surface area contributed by atoms with E-state index < -0.39 is 11.1 Å². The minimum Gasteiger partial charge on any atom is -0.298 e. The fraction of sp³-hybridized carbons (Fsp3) is 0.136. The molecule has 4 aromatic rings. The lowest BCUT2D eigenvalue weighted by molar-refractivity contribution is 0.0976. The SMILES string of the molecule is Cc1ccc(C(=O)Cn2c(=O)c(=O)n(Cc3ccccc3)c3ccc(Cl)cc32)s1. The molecule has 5 nitrogen and oxygen atoms in total. The smallest absolute Gasteiger partial charge is 0.298 e. The van der Waals surface area contributed by atoms with Crippen molar-refractivity contribution in [3.8, 4) is 0 Å². The molecule has 29 heavy (non-hydrogen) atoms. The number of benzene rings is 2. The highest BCUT2D eigenvalue weighted by molar-refractivity contribution is 7.14. The van der Waals surface area contributed by atoms with Gasteiger partial charge in [0.05, 0.1) is 29.0 Å². The molecule has 0 aliphatic rings. The number of halogens is 1. The second kappa shape index (κ2) is 7.81. The molecule has 0 saturated heterocycles. The minimum absolute atomic E-state index is 0.211. The Morgan fingerprint density at radius 2 is 1.66 bits per heavy atom. The van der Waals surface area contributed by atoms with Gasteiger partial charge in [0.25, 0.3) is 0 Å². The van der Waals surface area contributed by atoms with Crippen molar-refractivity contribution in [2.75, 3.05) is 0 Å². The van der Waals surface area contributed by atoms with E-state index in [-0.39, 0.29) is 18.9 Å². The standard InChI is InChI=1S/C22H17ClN2O3S/c1-14-7-10-20(29-14)19(26)13-25-18-11-16(23)8-9-17(18)24(21(27)22(25)28)12-15-5-3-2-4-6-15/h2-11H,12-13H2,1H3. The first kappa shape index (κ1) is 19.4. The van der Waals surface area contributed by atoms with E-state index in [4.69, 9.17) is 11.6 Å². The van der Waals surface area contributed by atoms with Gasteiger partial charge in [-0.05, 0) is 42.8 Å². The number of hydrogen-bond acceptors (Lipinski definition) is 4. The van der Waals surface area contributed by atoms with Gasteiger partial charge >= 0.3 is 11.1 Å². The molecule has 0 unspecified atom stereocenters. The molecule has 0 amide bonds. The van der Waals surface area contributed by atoms with Crippen molar-refractivity contribution in [1.29, 1.82) is 0 Å². The van der Waals surface area contributed by atoms with Gasteiger partial charge in [-0.3, -0.25) is 23.5 Å². The van der Waals surface area contributed by atoms with Crippen molar-refractivity contribution < 1.29 is 4.79 Å². The second-order valence-corrected chi connectivity index (χ2v) is 8.46. The van der Waals surface area contributed by atoms with E-state index in [1.54, 1.807) is 24.3 Å². The third-order valence-corrected chi connectivity index (χ3v) is 5.97. The molecule has 2 heterocycles. The average molecular weight is 425 g/mol. The third kappa shape index (κ3) is 3.81. The molecule has 146 valence electrons. The van der Waals surface area contributed by atoms with Gasteiger partial charge in [-0.2, -0.15) is 0 Å². The first-order valence-electron chi connectivity index (χ1n) is 9.00. The predicted octanol–water partition coefficient (Wildman–Crippen LogP) is 4.12. The number of thiophene rings is 1. The highest BCUT2D eigenvalue weighted by Crippen LogP contribution is 2.20. The van der Waals surface area contributed by atoms with Crippen LogP contribution in [0.25, 0.3) is 11.0 Å². The third-order valence-electron chi connectivity index (χ3n) is 4.69. The van der Waals surface area contributed by atoms with Gasteiger partial charge in [-0.15, -0.1) is 11.3 Å². The van der Waals surface area contributed by atoms with Gasteiger partial charge in [-0.1, -0.05) is 41.9 Å². The molecule has 0 atom stereocenters. The summed E-state index contributed by atoms with van der Waals surface area (Å²) in [5.41, 5.74) is 0.502. The Labute approximate surface area is 175 Å². The number of nitrogens with zero attached hydrogens (tertiary/aromatic N) is 2. The molecule has 2 aromatic heterocycles. The maximum absolute atomic E-state index is 12.9. The number of carbonyl (C=O) groups is 1. The molecule has 0 aliphatic heterocycles. The molecule has 4 rings (SSSR count). The zero-order valence-corrected chi connectivity index (χ0v) is 17.2. The summed E-state index contributed by atoms with van der Waals surface area (Å²) in [6.45, 7) is 1.95. The van der Waals surface area contributed by atoms with Gasteiger partial charge in [0, 0.05) is 9.90 Å². The summed E-state index contributed by atoms with van der Waals surface area (Å²) in [5.74, 6) is -0.216. The zero-order chi connectivity index (χ0) is 20.5. The summed E-state index contributed by atoms with van der Waals surface area (Å²) >= 11 is 7.53. The van der Waals surface area contributed by atoms with Gasteiger partial charge in [0.1, 0.15) is 0 Å². The summed E-state index contributed by atoms with van der Waals surface area (Å²) in [7, 11) is 0. The van der Waals surface area contributed by atoms with Crippen molar-refractivity contribution >= 4 is 39.8 Å². The van der Waals surface area contributed by atoms with Gasteiger partial charge in [0.2, 0.25) is 0 Å². The topological polar surface area (TPSA) is 61.1 Å². The zero-order valence-electron chi connectivity index (χ0n) is 15.6. The monoisotopic (exact) mass is 424 g/mol. The molecule has 0 N–H and O–H groups in total. The summed E-state index contributed by atoms with van der Waals surface area (Å²) < 4.78 is 2.65. The van der Waals surface area contributed by atoms with Crippen LogP contribution >= 0.6 is 22.9 Å². The maximum Gasteiger partial charge on any atom is 0.317 e. The van der Waals surface area contributed by atoms with Crippen molar-refractivity contribution in [2.24, 2.45) is 0 Å². The molecule has 0 bridgehead atoms. The predicted molar refractivity (Wildman–Crippen MR) is 116 cm³/mol. The molecule has 7 heteroatoms. The molecule has 0 saturated carbocycles. The summed E-state index contributed by atoms with van der Waals surface area (Å²) in [5, 5.41) is 0.426. The number of Topliss-reactive ketones (excluding diaryl/α,β-unsaturated/α-hetero) is 1. The molecule has 2 aromatic carbocycles. The van der Waals surface area contributed by atoms with Gasteiger partial charge in [-0.25, -0.2) is 0 Å². The number of fused-ring (bicyclic) bond motifs is 1. The van der Waals surface area contributed by atoms with Crippen LogP contribution in [0, 0.1) is 6.92 Å². The number of carbonyl (C=O) groups excluding carboxylic acids is 1. The molecule has 0 radical (unpaired) electrons. The fourth-order valence-corrected chi connectivity index (χ4v) is 4.24. The fourth-order valence-electron chi connectivity index (χ4n) is 3.28. The number of rotatable bonds is 5. The van der Waals surface area contributed by atoms with Crippen molar-refractivity contribution in [1.82, 2.24) is 9.13 Å². The van der Waals surface area contributed by atoms with E-state index in [2.05, 4.69) is 0 Å². The number of aryl methyl sites for hydroxylation is 1. The number of aromatic nitrogens is 2. The average Bonchev–Trinajstić information content (AvgIpc) is 3.16. The van der Waals surface area contributed by atoms with Crippen LogP contribution in [0.15, 0.2) is 70.3 Å². The van der Waals surface area contributed by atoms with Crippen molar-refractivity contribution in [3.05, 3.63) is 102 Å². The minimum atomic E-state index is -0.739. The first-order valence-corrected chi connectivity index (χ1v) is 10.2. The van der Waals surface area contributed by atoms with Crippen molar-refractivity contribution in [2.45, 2.75) is 20.0 Å². The van der Waals surface area contributed by atoms with Crippen LogP contribution in [0.4, 0.5) is 0 Å². The Bertz CT molecular complexity index is 1340. The Morgan fingerprint density at radius 1 is 0.931 bits per heavy atom. The highest BCUT2D eigenvalue weighted by Gasteiger charge is 2.17. The first-order chi connectivity index (χ1) is 13.9. The van der Waals surface area contributed by atoms with Gasteiger partial charge < -0.3 is 0 Å². The molecule has 0 spiro atoms. The quantitative estimate of drug-likeness (QED) is 0.357. The maximum atomic E-state index is 12.9. The largest absolute Gasteiger partial charge is 0.317 e. The molecular weight excluding hydrogens is 408 g/mol. The molecule has 0 fully saturated rings. The lowest BCUT2D eigenvalue weighted by Gasteiger charge is -2.15. The normalized spacial score (nSPS) is 11.1. The van der Waals surface area contributed by atoms with Crippen LogP contribution in [-0.2, 0) is 13.1 Å². The van der Waals surface area contributed by atoms with Crippen LogP contribution < -0.4 is 11.1 Å². The van der Waals surface area contributed by atoms with Crippen LogP contribution in [0.2, 0.25) is 5.02 Å². The number of hydrogen-bond donors (Lipinski definition) is 0. The highest BCUT2D eigenvalue weighted by atomic mass is 35.5. The van der Waals surface area contributed by atoms with E-state index in [0.29, 0.717) is 20.9 Å². The Hall–Kier alpha value is -2.96. The van der Waals surface area contributed by atoms with Crippen LogP contribution in [0.1, 0.15) is 20.1 Å². The second-order valence-electron chi connectivity index (χ2n) is 6.73. The Kier molecular flexibility index (Phi) is 5.22. The van der Waals surface area contributed by atoms with E-state index in [1.807, 2.05) is 43.3 Å². The van der Waals surface area contributed by atoms with E-state index in [0.717, 1.165) is 10.4 Å². The summed E-state index contributed by atoms with van der Waals surface area (Å²) in [4.78, 5) is 40.1. The van der Waals surface area contributed by atoms with E-state index in [1.165, 1.54) is 20.5 Å². The Balaban J connectivity index is 1.87. The summed E-state index contributed by atoms with van der Waals surface area (Å²) in [6.07, 6.45) is 0. The summed E-state index contributed by atoms with van der Waals surface area (Å²) in [6, 6.07) is 18.0. The molecular formula is C22H17ClN2O3S. The van der Waals surface area contributed by atoms with Gasteiger partial charge in [0.15, 0.2) is 5.78 Å².